The van der Waals surface area contributed by atoms with E-state index in [1.54, 1.807) is 15.8 Å². The van der Waals surface area contributed by atoms with Crippen LogP contribution in [-0.4, -0.2) is 39.5 Å². The number of amides is 1. The van der Waals surface area contributed by atoms with Crippen molar-refractivity contribution in [1.29, 1.82) is 0 Å². The second-order valence-electron chi connectivity index (χ2n) is 4.28. The molecule has 0 radical (unpaired) electrons. The van der Waals surface area contributed by atoms with Gasteiger partial charge >= 0.3 is 0 Å². The summed E-state index contributed by atoms with van der Waals surface area (Å²) >= 11 is 3.40. The van der Waals surface area contributed by atoms with Crippen molar-refractivity contribution in [2.75, 3.05) is 18.9 Å². The zero-order valence-corrected chi connectivity index (χ0v) is 12.3. The normalized spacial score (nSPS) is 10.6. The summed E-state index contributed by atoms with van der Waals surface area (Å²) in [5.74, 6) is 0.0643. The summed E-state index contributed by atoms with van der Waals surface area (Å²) in [6.07, 6.45) is 5.14. The molecule has 0 saturated heterocycles. The number of alkyl halides is 1. The van der Waals surface area contributed by atoms with Crippen molar-refractivity contribution >= 4 is 21.8 Å². The number of carbonyl (C=O) groups is 1. The van der Waals surface area contributed by atoms with Crippen LogP contribution in [0.1, 0.15) is 35.3 Å². The summed E-state index contributed by atoms with van der Waals surface area (Å²) in [6.45, 7) is 2.67. The van der Waals surface area contributed by atoms with Crippen LogP contribution in [0, 0.1) is 6.92 Å². The number of aryl methyl sites for hydroxylation is 2. The van der Waals surface area contributed by atoms with E-state index >= 15 is 0 Å². The molecule has 0 aromatic carbocycles. The molecule has 0 N–H and O–H groups in total. The minimum Gasteiger partial charge on any atom is -0.342 e. The van der Waals surface area contributed by atoms with E-state index in [0.717, 1.165) is 36.8 Å². The second-order valence-corrected chi connectivity index (χ2v) is 5.07. The predicted octanol–water partition coefficient (Wildman–Crippen LogP) is 2.37. The molecule has 0 atom stereocenters. The largest absolute Gasteiger partial charge is 0.342 e. The summed E-state index contributed by atoms with van der Waals surface area (Å²) in [6, 6.07) is 0. The molecule has 0 unspecified atom stereocenters. The Balaban J connectivity index is 2.49. The van der Waals surface area contributed by atoms with Gasteiger partial charge in [0, 0.05) is 32.2 Å². The van der Waals surface area contributed by atoms with Crippen LogP contribution in [0.5, 0.6) is 0 Å². The summed E-state index contributed by atoms with van der Waals surface area (Å²) in [5.41, 5.74) is 1.50. The Hall–Kier alpha value is -0.840. The minimum atomic E-state index is 0.0643. The number of rotatable bonds is 6. The van der Waals surface area contributed by atoms with Crippen molar-refractivity contribution < 1.29 is 4.79 Å². The lowest BCUT2D eigenvalue weighted by atomic mass is 10.2. The number of halogens is 1. The molecular weight excluding hydrogens is 282 g/mol. The fraction of sp³-hybridized carbons (Fsp3) is 0.667. The van der Waals surface area contributed by atoms with E-state index in [2.05, 4.69) is 21.0 Å². The molecule has 0 aliphatic heterocycles. The molecule has 0 aliphatic carbocycles. The first-order valence-electron chi connectivity index (χ1n) is 5.88. The number of carbonyl (C=O) groups excluding carboxylic acids is 1. The first kappa shape index (κ1) is 14.2. The monoisotopic (exact) mass is 301 g/mol. The zero-order valence-electron chi connectivity index (χ0n) is 10.7. The summed E-state index contributed by atoms with van der Waals surface area (Å²) in [4.78, 5) is 13.9. The van der Waals surface area contributed by atoms with E-state index < -0.39 is 0 Å². The van der Waals surface area contributed by atoms with Crippen LogP contribution >= 0.6 is 15.9 Å². The van der Waals surface area contributed by atoms with Crippen LogP contribution in [-0.2, 0) is 7.05 Å². The second kappa shape index (κ2) is 6.79. The van der Waals surface area contributed by atoms with Gasteiger partial charge in [0.1, 0.15) is 0 Å². The molecule has 96 valence electrons. The van der Waals surface area contributed by atoms with E-state index in [1.807, 2.05) is 21.0 Å². The van der Waals surface area contributed by atoms with Crippen LogP contribution in [0.3, 0.4) is 0 Å². The van der Waals surface area contributed by atoms with Crippen molar-refractivity contribution in [1.82, 2.24) is 14.7 Å². The van der Waals surface area contributed by atoms with Gasteiger partial charge in [-0.1, -0.05) is 22.4 Å². The summed E-state index contributed by atoms with van der Waals surface area (Å²) in [7, 11) is 3.68. The summed E-state index contributed by atoms with van der Waals surface area (Å²) in [5, 5.41) is 5.22. The van der Waals surface area contributed by atoms with E-state index in [0.29, 0.717) is 5.56 Å². The van der Waals surface area contributed by atoms with Crippen molar-refractivity contribution in [3.05, 3.63) is 17.5 Å². The topological polar surface area (TPSA) is 38.1 Å². The van der Waals surface area contributed by atoms with Gasteiger partial charge < -0.3 is 4.90 Å². The van der Waals surface area contributed by atoms with Crippen LogP contribution in [0.15, 0.2) is 6.20 Å². The Morgan fingerprint density at radius 2 is 2.18 bits per heavy atom. The molecule has 17 heavy (non-hydrogen) atoms. The Morgan fingerprint density at radius 1 is 1.47 bits per heavy atom. The lowest BCUT2D eigenvalue weighted by Gasteiger charge is -2.16. The molecule has 0 bridgehead atoms. The maximum atomic E-state index is 12.1. The SMILES string of the molecule is Cc1nn(C)cc1C(=O)N(C)CCCCCBr. The highest BCUT2D eigenvalue weighted by atomic mass is 79.9. The number of hydrogen-bond acceptors (Lipinski definition) is 2. The molecular formula is C12H20BrN3O. The van der Waals surface area contributed by atoms with E-state index in [1.165, 1.54) is 0 Å². The lowest BCUT2D eigenvalue weighted by molar-refractivity contribution is 0.0792. The number of aromatic nitrogens is 2. The quantitative estimate of drug-likeness (QED) is 0.598. The van der Waals surface area contributed by atoms with Gasteiger partial charge in [-0.3, -0.25) is 9.48 Å². The van der Waals surface area contributed by atoms with Gasteiger partial charge in [0.25, 0.3) is 5.91 Å². The summed E-state index contributed by atoms with van der Waals surface area (Å²) < 4.78 is 1.68. The van der Waals surface area contributed by atoms with Crippen molar-refractivity contribution in [2.45, 2.75) is 26.2 Å². The number of nitrogens with zero attached hydrogens (tertiary/aromatic N) is 3. The van der Waals surface area contributed by atoms with Crippen LogP contribution in [0.2, 0.25) is 0 Å². The van der Waals surface area contributed by atoms with Crippen LogP contribution in [0.4, 0.5) is 0 Å². The molecule has 1 heterocycles. The number of hydrogen-bond donors (Lipinski definition) is 0. The molecule has 5 heteroatoms. The molecule has 0 spiro atoms. The van der Waals surface area contributed by atoms with Gasteiger partial charge in [0.05, 0.1) is 11.3 Å². The zero-order chi connectivity index (χ0) is 12.8. The third-order valence-electron chi connectivity index (χ3n) is 2.72. The van der Waals surface area contributed by atoms with Crippen molar-refractivity contribution in [3.63, 3.8) is 0 Å². The van der Waals surface area contributed by atoms with Gasteiger partial charge in [-0.2, -0.15) is 5.10 Å². The fourth-order valence-corrected chi connectivity index (χ4v) is 2.13. The van der Waals surface area contributed by atoms with Gasteiger partial charge in [-0.25, -0.2) is 0 Å². The Bertz CT molecular complexity index is 376. The average Bonchev–Trinajstić information content (AvgIpc) is 2.62. The number of unbranched alkanes of at least 4 members (excludes halogenated alkanes) is 2. The van der Waals surface area contributed by atoms with Crippen LogP contribution < -0.4 is 0 Å². The van der Waals surface area contributed by atoms with Crippen LogP contribution in [0.25, 0.3) is 0 Å². The standard InChI is InChI=1S/C12H20BrN3O/c1-10-11(9-16(3)14-10)12(17)15(2)8-6-4-5-7-13/h9H,4-8H2,1-3H3. The highest BCUT2D eigenvalue weighted by Gasteiger charge is 2.16. The predicted molar refractivity (Wildman–Crippen MR) is 72.6 cm³/mol. The maximum Gasteiger partial charge on any atom is 0.257 e. The lowest BCUT2D eigenvalue weighted by Crippen LogP contribution is -2.28. The van der Waals surface area contributed by atoms with Crippen molar-refractivity contribution in [3.8, 4) is 0 Å². The smallest absolute Gasteiger partial charge is 0.257 e. The fourth-order valence-electron chi connectivity index (χ4n) is 1.74. The van der Waals surface area contributed by atoms with E-state index in [-0.39, 0.29) is 5.91 Å². The Kier molecular flexibility index (Phi) is 5.68. The highest BCUT2D eigenvalue weighted by Crippen LogP contribution is 2.09. The van der Waals surface area contributed by atoms with Gasteiger partial charge in [0.2, 0.25) is 0 Å². The molecule has 1 aromatic heterocycles. The molecule has 0 saturated carbocycles. The van der Waals surface area contributed by atoms with Gasteiger partial charge in [0.15, 0.2) is 0 Å². The molecule has 1 rings (SSSR count). The third-order valence-corrected chi connectivity index (χ3v) is 3.28. The third kappa shape index (κ3) is 4.15. The first-order chi connectivity index (χ1) is 8.06. The molecule has 1 aromatic rings. The molecule has 0 aliphatic rings. The average molecular weight is 302 g/mol. The van der Waals surface area contributed by atoms with Crippen molar-refractivity contribution in [2.24, 2.45) is 7.05 Å². The first-order valence-corrected chi connectivity index (χ1v) is 7.00. The Morgan fingerprint density at radius 3 is 2.71 bits per heavy atom. The minimum absolute atomic E-state index is 0.0643. The Labute approximate surface area is 111 Å². The van der Waals surface area contributed by atoms with Gasteiger partial charge in [-0.05, 0) is 19.8 Å². The van der Waals surface area contributed by atoms with E-state index in [4.69, 9.17) is 0 Å². The highest BCUT2D eigenvalue weighted by molar-refractivity contribution is 9.09. The molecule has 4 nitrogen and oxygen atoms in total. The maximum absolute atomic E-state index is 12.1. The molecule has 1 amide bonds. The van der Waals surface area contributed by atoms with Gasteiger partial charge in [-0.15, -0.1) is 0 Å². The van der Waals surface area contributed by atoms with E-state index in [9.17, 15) is 4.79 Å². The molecule has 0 fully saturated rings.